The number of alkyl halides is 2. The molecule has 14 heavy (non-hydrogen) atoms. The third kappa shape index (κ3) is 2.42. The van der Waals surface area contributed by atoms with Crippen molar-refractivity contribution in [1.29, 1.82) is 0 Å². The SMILES string of the molecule is CC(=O)c1cc(I)c(Cl)cc1C(F)F. The number of halogens is 4. The van der Waals surface area contributed by atoms with E-state index in [-0.39, 0.29) is 21.9 Å². The van der Waals surface area contributed by atoms with Gasteiger partial charge in [-0.3, -0.25) is 4.79 Å². The van der Waals surface area contributed by atoms with Crippen LogP contribution in [0.2, 0.25) is 5.02 Å². The van der Waals surface area contributed by atoms with Crippen molar-refractivity contribution in [3.8, 4) is 0 Å². The topological polar surface area (TPSA) is 17.1 Å². The molecule has 0 aromatic heterocycles. The van der Waals surface area contributed by atoms with E-state index in [2.05, 4.69) is 0 Å². The van der Waals surface area contributed by atoms with Crippen LogP contribution in [0, 0.1) is 3.57 Å². The molecule has 0 saturated heterocycles. The monoisotopic (exact) mass is 330 g/mol. The minimum Gasteiger partial charge on any atom is -0.294 e. The molecule has 0 aliphatic carbocycles. The second-order valence-corrected chi connectivity index (χ2v) is 4.28. The number of carbonyl (C=O) groups excluding carboxylic acids is 1. The van der Waals surface area contributed by atoms with Gasteiger partial charge in [0.15, 0.2) is 5.78 Å². The van der Waals surface area contributed by atoms with Gasteiger partial charge >= 0.3 is 0 Å². The van der Waals surface area contributed by atoms with Crippen molar-refractivity contribution in [3.63, 3.8) is 0 Å². The van der Waals surface area contributed by atoms with E-state index in [9.17, 15) is 13.6 Å². The number of hydrogen-bond donors (Lipinski definition) is 0. The van der Waals surface area contributed by atoms with E-state index in [1.165, 1.54) is 13.0 Å². The zero-order valence-electron chi connectivity index (χ0n) is 7.15. The van der Waals surface area contributed by atoms with Crippen molar-refractivity contribution in [2.45, 2.75) is 13.3 Å². The van der Waals surface area contributed by atoms with E-state index in [0.29, 0.717) is 3.57 Å². The van der Waals surface area contributed by atoms with Gasteiger partial charge in [-0.2, -0.15) is 0 Å². The maximum atomic E-state index is 12.5. The number of benzene rings is 1. The number of Topliss-reactive ketones (excluding diaryl/α,β-unsaturated/α-hetero) is 1. The maximum absolute atomic E-state index is 12.5. The van der Waals surface area contributed by atoms with Crippen LogP contribution in [0.25, 0.3) is 0 Å². The first-order valence-electron chi connectivity index (χ1n) is 3.71. The molecule has 0 atom stereocenters. The molecule has 1 nitrogen and oxygen atoms in total. The van der Waals surface area contributed by atoms with Crippen molar-refractivity contribution in [2.75, 3.05) is 0 Å². The zero-order chi connectivity index (χ0) is 10.9. The fraction of sp³-hybridized carbons (Fsp3) is 0.222. The van der Waals surface area contributed by atoms with Crippen molar-refractivity contribution in [1.82, 2.24) is 0 Å². The third-order valence-electron chi connectivity index (χ3n) is 1.71. The van der Waals surface area contributed by atoms with Gasteiger partial charge in [0.25, 0.3) is 6.43 Å². The minimum absolute atomic E-state index is 0.0359. The Morgan fingerprint density at radius 1 is 1.50 bits per heavy atom. The van der Waals surface area contributed by atoms with Crippen LogP contribution >= 0.6 is 34.2 Å². The van der Waals surface area contributed by atoms with Gasteiger partial charge in [0, 0.05) is 14.7 Å². The smallest absolute Gasteiger partial charge is 0.264 e. The quantitative estimate of drug-likeness (QED) is 0.590. The molecule has 76 valence electrons. The molecule has 0 amide bonds. The first-order chi connectivity index (χ1) is 6.43. The van der Waals surface area contributed by atoms with Crippen LogP contribution in [0.5, 0.6) is 0 Å². The fourth-order valence-corrected chi connectivity index (χ4v) is 1.69. The summed E-state index contributed by atoms with van der Waals surface area (Å²) in [7, 11) is 0. The van der Waals surface area contributed by atoms with Crippen LogP contribution < -0.4 is 0 Å². The molecule has 5 heteroatoms. The number of carbonyl (C=O) groups is 1. The molecule has 0 bridgehead atoms. The van der Waals surface area contributed by atoms with E-state index in [1.54, 1.807) is 0 Å². The number of ketones is 1. The van der Waals surface area contributed by atoms with Crippen molar-refractivity contribution >= 4 is 40.0 Å². The second-order valence-electron chi connectivity index (χ2n) is 2.71. The second kappa shape index (κ2) is 4.53. The predicted octanol–water partition coefficient (Wildman–Crippen LogP) is 4.08. The lowest BCUT2D eigenvalue weighted by Gasteiger charge is -2.07. The summed E-state index contributed by atoms with van der Waals surface area (Å²) >= 11 is 7.58. The van der Waals surface area contributed by atoms with Crippen LogP contribution in [0.4, 0.5) is 8.78 Å². The highest BCUT2D eigenvalue weighted by atomic mass is 127. The van der Waals surface area contributed by atoms with Gasteiger partial charge in [-0.05, 0) is 41.6 Å². The fourth-order valence-electron chi connectivity index (χ4n) is 1.05. The van der Waals surface area contributed by atoms with E-state index < -0.39 is 6.43 Å². The Hall–Kier alpha value is -0.230. The average molecular weight is 330 g/mol. The summed E-state index contributed by atoms with van der Waals surface area (Å²) in [6.45, 7) is 1.26. The standard InChI is InChI=1S/C9H6ClF2IO/c1-4(14)5-3-8(13)7(10)2-6(5)9(11)12/h2-3,9H,1H3. The molecular formula is C9H6ClF2IO. The Kier molecular flexibility index (Phi) is 3.83. The summed E-state index contributed by atoms with van der Waals surface area (Å²) in [6, 6.07) is 2.53. The van der Waals surface area contributed by atoms with Crippen LogP contribution in [0.15, 0.2) is 12.1 Å². The number of rotatable bonds is 2. The Balaban J connectivity index is 3.39. The van der Waals surface area contributed by atoms with Gasteiger partial charge in [-0.1, -0.05) is 11.6 Å². The summed E-state index contributed by atoms with van der Waals surface area (Å²) in [5, 5.41) is 0.242. The largest absolute Gasteiger partial charge is 0.294 e. The lowest BCUT2D eigenvalue weighted by molar-refractivity contribution is 0.0999. The summed E-state index contributed by atoms with van der Waals surface area (Å²) in [4.78, 5) is 11.1. The van der Waals surface area contributed by atoms with Crippen molar-refractivity contribution < 1.29 is 13.6 Å². The molecule has 0 radical (unpaired) electrons. The highest BCUT2D eigenvalue weighted by Gasteiger charge is 2.17. The lowest BCUT2D eigenvalue weighted by Crippen LogP contribution is -2.01. The van der Waals surface area contributed by atoms with E-state index >= 15 is 0 Å². The molecule has 0 aliphatic rings. The molecule has 0 aliphatic heterocycles. The van der Waals surface area contributed by atoms with Crippen molar-refractivity contribution in [3.05, 3.63) is 31.9 Å². The summed E-state index contributed by atoms with van der Waals surface area (Å²) < 4.78 is 25.6. The molecule has 0 heterocycles. The van der Waals surface area contributed by atoms with Gasteiger partial charge in [0.2, 0.25) is 0 Å². The molecule has 1 aromatic rings. The normalized spacial score (nSPS) is 10.7. The Morgan fingerprint density at radius 3 is 2.50 bits per heavy atom. The highest BCUT2D eigenvalue weighted by Crippen LogP contribution is 2.29. The van der Waals surface area contributed by atoms with Gasteiger partial charge < -0.3 is 0 Å². The summed E-state index contributed by atoms with van der Waals surface area (Å²) in [6.07, 6.45) is -2.68. The number of hydrogen-bond acceptors (Lipinski definition) is 1. The van der Waals surface area contributed by atoms with Gasteiger partial charge in [-0.25, -0.2) is 8.78 Å². The van der Waals surface area contributed by atoms with Crippen LogP contribution in [0.3, 0.4) is 0 Å². The average Bonchev–Trinajstić information content (AvgIpc) is 2.08. The van der Waals surface area contributed by atoms with Gasteiger partial charge in [-0.15, -0.1) is 0 Å². The Morgan fingerprint density at radius 2 is 2.07 bits per heavy atom. The Labute approximate surface area is 98.6 Å². The molecule has 0 saturated carbocycles. The molecule has 0 unspecified atom stereocenters. The molecular weight excluding hydrogens is 324 g/mol. The van der Waals surface area contributed by atoms with E-state index in [4.69, 9.17) is 11.6 Å². The van der Waals surface area contributed by atoms with Crippen LogP contribution in [0.1, 0.15) is 29.3 Å². The van der Waals surface area contributed by atoms with E-state index in [0.717, 1.165) is 6.07 Å². The molecule has 0 N–H and O–H groups in total. The molecule has 1 rings (SSSR count). The van der Waals surface area contributed by atoms with Crippen LogP contribution in [-0.2, 0) is 0 Å². The minimum atomic E-state index is -2.68. The van der Waals surface area contributed by atoms with Crippen LogP contribution in [-0.4, -0.2) is 5.78 Å². The van der Waals surface area contributed by atoms with Crippen molar-refractivity contribution in [2.24, 2.45) is 0 Å². The maximum Gasteiger partial charge on any atom is 0.264 e. The highest BCUT2D eigenvalue weighted by molar-refractivity contribution is 14.1. The zero-order valence-corrected chi connectivity index (χ0v) is 10.1. The molecule has 0 spiro atoms. The summed E-state index contributed by atoms with van der Waals surface area (Å²) in [5.41, 5.74) is -0.267. The Bertz CT molecular complexity index is 379. The predicted molar refractivity (Wildman–Crippen MR) is 59.1 cm³/mol. The lowest BCUT2D eigenvalue weighted by atomic mass is 10.1. The first kappa shape index (κ1) is 11.8. The van der Waals surface area contributed by atoms with E-state index in [1.807, 2.05) is 22.6 Å². The first-order valence-corrected chi connectivity index (χ1v) is 5.17. The van der Waals surface area contributed by atoms with Gasteiger partial charge in [0.05, 0.1) is 5.02 Å². The summed E-state index contributed by atoms with van der Waals surface area (Å²) in [5.74, 6) is -0.380. The third-order valence-corrected chi connectivity index (χ3v) is 3.23. The molecule has 1 aromatic carbocycles. The molecule has 0 fully saturated rings. The van der Waals surface area contributed by atoms with Gasteiger partial charge in [0.1, 0.15) is 0 Å².